The Morgan fingerprint density at radius 1 is 0.917 bits per heavy atom. The Morgan fingerprint density at radius 3 is 2.42 bits per heavy atom. The van der Waals surface area contributed by atoms with Gasteiger partial charge in [-0.05, 0) is 43.9 Å². The van der Waals surface area contributed by atoms with Crippen LogP contribution in [0, 0.1) is 18.3 Å². The van der Waals surface area contributed by atoms with E-state index in [2.05, 4.69) is 6.42 Å². The van der Waals surface area contributed by atoms with E-state index in [4.69, 9.17) is 0 Å². The number of hydrogen-bond donors (Lipinski definition) is 0. The Labute approximate surface area is 76.7 Å². The van der Waals surface area contributed by atoms with Crippen LogP contribution in [0.4, 0.5) is 0 Å². The van der Waals surface area contributed by atoms with E-state index in [0.717, 1.165) is 5.92 Å². The molecule has 0 nitrogen and oxygen atoms in total. The van der Waals surface area contributed by atoms with Gasteiger partial charge in [0.1, 0.15) is 0 Å². The smallest absolute Gasteiger partial charge is 0.0207 e. The van der Waals surface area contributed by atoms with Crippen LogP contribution in [-0.2, 0) is 0 Å². The van der Waals surface area contributed by atoms with Crippen LogP contribution in [-0.4, -0.2) is 0 Å². The lowest BCUT2D eigenvalue weighted by atomic mass is 9.73. The molecule has 1 unspecified atom stereocenters. The molecule has 2 fully saturated rings. The van der Waals surface area contributed by atoms with Crippen molar-refractivity contribution in [2.75, 3.05) is 0 Å². The number of hydrogen-bond acceptors (Lipinski definition) is 0. The van der Waals surface area contributed by atoms with Gasteiger partial charge in [0.2, 0.25) is 0 Å². The van der Waals surface area contributed by atoms with E-state index in [-0.39, 0.29) is 0 Å². The molecule has 2 rings (SSSR count). The minimum Gasteiger partial charge on any atom is -0.0533 e. The largest absolute Gasteiger partial charge is 0.0533 e. The predicted molar refractivity (Wildman–Crippen MR) is 52.6 cm³/mol. The maximum atomic E-state index is 2.59. The van der Waals surface area contributed by atoms with Gasteiger partial charge in [0.15, 0.2) is 0 Å². The summed E-state index contributed by atoms with van der Waals surface area (Å²) in [6.07, 6.45) is 15.7. The van der Waals surface area contributed by atoms with Crippen LogP contribution in [0.3, 0.4) is 0 Å². The van der Waals surface area contributed by atoms with Crippen molar-refractivity contribution >= 4 is 0 Å². The van der Waals surface area contributed by atoms with E-state index in [1.54, 1.807) is 0 Å². The molecule has 0 aromatic carbocycles. The second-order valence-electron chi connectivity index (χ2n) is 4.35. The molecule has 0 aromatic rings. The van der Waals surface area contributed by atoms with Gasteiger partial charge in [-0.3, -0.25) is 0 Å². The van der Waals surface area contributed by atoms with Crippen molar-refractivity contribution in [3.05, 3.63) is 12.3 Å². The van der Waals surface area contributed by atoms with Crippen LogP contribution < -0.4 is 0 Å². The van der Waals surface area contributed by atoms with Gasteiger partial charge in [-0.25, -0.2) is 0 Å². The van der Waals surface area contributed by atoms with E-state index >= 15 is 0 Å². The average Bonchev–Trinajstić information content (AvgIpc) is 2.21. The fourth-order valence-electron chi connectivity index (χ4n) is 2.69. The lowest BCUT2D eigenvalue weighted by Gasteiger charge is -2.32. The summed E-state index contributed by atoms with van der Waals surface area (Å²) in [5, 5.41) is 0. The van der Waals surface area contributed by atoms with Crippen LogP contribution in [0.25, 0.3) is 0 Å². The summed E-state index contributed by atoms with van der Waals surface area (Å²) in [6.45, 7) is 0. The first-order valence-electron chi connectivity index (χ1n) is 5.65. The molecule has 0 N–H and O–H groups in total. The highest BCUT2D eigenvalue weighted by Crippen LogP contribution is 2.38. The van der Waals surface area contributed by atoms with Crippen molar-refractivity contribution in [1.29, 1.82) is 0 Å². The van der Waals surface area contributed by atoms with E-state index in [1.807, 2.05) is 5.92 Å². The summed E-state index contributed by atoms with van der Waals surface area (Å²) < 4.78 is 0. The third-order valence-corrected chi connectivity index (χ3v) is 3.44. The number of rotatable bonds is 1. The fourth-order valence-corrected chi connectivity index (χ4v) is 2.69. The predicted octanol–water partition coefficient (Wildman–Crippen LogP) is 3.92. The molecule has 0 saturated heterocycles. The average molecular weight is 164 g/mol. The highest BCUT2D eigenvalue weighted by atomic mass is 14.3. The zero-order valence-electron chi connectivity index (χ0n) is 8.02. The van der Waals surface area contributed by atoms with E-state index in [1.165, 1.54) is 57.8 Å². The SMILES string of the molecule is [CH]1CCCCC1[C]1CCCCC1. The molecule has 0 aromatic heterocycles. The topological polar surface area (TPSA) is 0 Å². The van der Waals surface area contributed by atoms with Crippen LogP contribution >= 0.6 is 0 Å². The van der Waals surface area contributed by atoms with Gasteiger partial charge in [-0.15, -0.1) is 0 Å². The second kappa shape index (κ2) is 4.30. The van der Waals surface area contributed by atoms with Gasteiger partial charge < -0.3 is 0 Å². The van der Waals surface area contributed by atoms with Gasteiger partial charge in [0.25, 0.3) is 0 Å². The summed E-state index contributed by atoms with van der Waals surface area (Å²) in [5.41, 5.74) is 0. The lowest BCUT2D eigenvalue weighted by Crippen LogP contribution is -2.18. The second-order valence-corrected chi connectivity index (χ2v) is 4.35. The summed E-state index contributed by atoms with van der Waals surface area (Å²) in [6, 6.07) is 0. The van der Waals surface area contributed by atoms with Crippen LogP contribution in [0.1, 0.15) is 57.8 Å². The van der Waals surface area contributed by atoms with Gasteiger partial charge in [-0.1, -0.05) is 32.1 Å². The highest BCUT2D eigenvalue weighted by molar-refractivity contribution is 5.05. The van der Waals surface area contributed by atoms with E-state index < -0.39 is 0 Å². The molecule has 68 valence electrons. The van der Waals surface area contributed by atoms with Gasteiger partial charge >= 0.3 is 0 Å². The lowest BCUT2D eigenvalue weighted by molar-refractivity contribution is 0.384. The molecular weight excluding hydrogens is 144 g/mol. The van der Waals surface area contributed by atoms with Gasteiger partial charge in [-0.2, -0.15) is 0 Å². The molecule has 0 heterocycles. The van der Waals surface area contributed by atoms with Gasteiger partial charge in [0, 0.05) is 0 Å². The molecule has 0 amide bonds. The zero-order chi connectivity index (χ0) is 8.23. The molecule has 0 heteroatoms. The van der Waals surface area contributed by atoms with Crippen LogP contribution in [0.15, 0.2) is 0 Å². The molecule has 12 heavy (non-hydrogen) atoms. The normalized spacial score (nSPS) is 29.0. The Bertz CT molecular complexity index is 100. The zero-order valence-corrected chi connectivity index (χ0v) is 8.02. The standard InChI is InChI=1S/C12H20/c1-3-7-11(8-4-1)12-9-5-2-6-10-12/h7,11H,1-6,8-10H2. The molecule has 0 bridgehead atoms. The summed E-state index contributed by atoms with van der Waals surface area (Å²) in [7, 11) is 0. The molecule has 2 saturated carbocycles. The highest BCUT2D eigenvalue weighted by Gasteiger charge is 2.25. The molecule has 1 atom stereocenters. The van der Waals surface area contributed by atoms with Crippen molar-refractivity contribution in [2.24, 2.45) is 5.92 Å². The summed E-state index contributed by atoms with van der Waals surface area (Å²) in [4.78, 5) is 0. The quantitative estimate of drug-likeness (QED) is 0.551. The van der Waals surface area contributed by atoms with Crippen molar-refractivity contribution in [2.45, 2.75) is 57.8 Å². The van der Waals surface area contributed by atoms with Crippen LogP contribution in [0.5, 0.6) is 0 Å². The van der Waals surface area contributed by atoms with Crippen molar-refractivity contribution in [1.82, 2.24) is 0 Å². The Kier molecular flexibility index (Phi) is 3.08. The minimum atomic E-state index is 0.930. The van der Waals surface area contributed by atoms with Gasteiger partial charge in [0.05, 0.1) is 0 Å². The van der Waals surface area contributed by atoms with Crippen molar-refractivity contribution < 1.29 is 0 Å². The van der Waals surface area contributed by atoms with Crippen LogP contribution in [0.2, 0.25) is 0 Å². The minimum absolute atomic E-state index is 0.930. The third kappa shape index (κ3) is 2.02. The maximum absolute atomic E-state index is 2.59. The van der Waals surface area contributed by atoms with E-state index in [0.29, 0.717) is 0 Å². The molecule has 2 radical (unpaired) electrons. The Balaban J connectivity index is 1.80. The molecular formula is C12H20. The molecule has 2 aliphatic rings. The monoisotopic (exact) mass is 164 g/mol. The van der Waals surface area contributed by atoms with E-state index in [9.17, 15) is 0 Å². The fraction of sp³-hybridized carbons (Fsp3) is 0.833. The first-order chi connectivity index (χ1) is 5.97. The molecule has 2 aliphatic carbocycles. The third-order valence-electron chi connectivity index (χ3n) is 3.44. The summed E-state index contributed by atoms with van der Waals surface area (Å²) in [5.74, 6) is 2.82. The summed E-state index contributed by atoms with van der Waals surface area (Å²) >= 11 is 0. The maximum Gasteiger partial charge on any atom is -0.0207 e. The Hall–Kier alpha value is 0. The van der Waals surface area contributed by atoms with Crippen molar-refractivity contribution in [3.63, 3.8) is 0 Å². The first-order valence-corrected chi connectivity index (χ1v) is 5.65. The molecule has 0 aliphatic heterocycles. The Morgan fingerprint density at radius 2 is 1.75 bits per heavy atom. The van der Waals surface area contributed by atoms with Crippen molar-refractivity contribution in [3.8, 4) is 0 Å². The first kappa shape index (κ1) is 8.59. The molecule has 0 spiro atoms.